The van der Waals surface area contributed by atoms with Gasteiger partial charge < -0.3 is 14.3 Å². The predicted molar refractivity (Wildman–Crippen MR) is 125 cm³/mol. The van der Waals surface area contributed by atoms with E-state index in [2.05, 4.69) is 25.3 Å². The summed E-state index contributed by atoms with van der Waals surface area (Å²) in [5.74, 6) is 1.62. The van der Waals surface area contributed by atoms with E-state index in [1.807, 2.05) is 49.9 Å². The van der Waals surface area contributed by atoms with Gasteiger partial charge in [0.15, 0.2) is 5.82 Å². The molecular formula is C23H27N7O4. The number of piperidine rings is 1. The van der Waals surface area contributed by atoms with Crippen molar-refractivity contribution in [1.29, 1.82) is 0 Å². The topological polar surface area (TPSA) is 133 Å². The maximum atomic E-state index is 11.9. The molecule has 0 atom stereocenters. The minimum atomic E-state index is -0.527. The molecule has 11 nitrogen and oxygen atoms in total. The fraction of sp³-hybridized carbons (Fsp3) is 0.435. The van der Waals surface area contributed by atoms with E-state index >= 15 is 0 Å². The minimum absolute atomic E-state index is 0.106. The molecule has 0 amide bonds. The van der Waals surface area contributed by atoms with E-state index in [1.54, 1.807) is 6.92 Å². The highest BCUT2D eigenvalue weighted by molar-refractivity contribution is 5.98. The molecule has 1 saturated heterocycles. The molecular weight excluding hydrogens is 438 g/mol. The summed E-state index contributed by atoms with van der Waals surface area (Å²) in [6.07, 6.45) is 2.68. The lowest BCUT2D eigenvalue weighted by molar-refractivity contribution is -0.385. The quantitative estimate of drug-likeness (QED) is 0.283. The van der Waals surface area contributed by atoms with E-state index < -0.39 is 4.92 Å². The Morgan fingerprint density at radius 1 is 1.24 bits per heavy atom. The average Bonchev–Trinajstić information content (AvgIpc) is 3.33. The van der Waals surface area contributed by atoms with Crippen LogP contribution in [0.15, 0.2) is 40.3 Å². The van der Waals surface area contributed by atoms with Crippen molar-refractivity contribution < 1.29 is 14.3 Å². The molecule has 1 fully saturated rings. The monoisotopic (exact) mass is 465 g/mol. The summed E-state index contributed by atoms with van der Waals surface area (Å²) in [5.41, 5.74) is 2.25. The molecule has 0 unspecified atom stereocenters. The van der Waals surface area contributed by atoms with Crippen LogP contribution in [0, 0.1) is 17.0 Å². The van der Waals surface area contributed by atoms with Crippen LogP contribution in [0.25, 0.3) is 0 Å². The first-order valence-corrected chi connectivity index (χ1v) is 11.2. The van der Waals surface area contributed by atoms with E-state index in [0.717, 1.165) is 11.1 Å². The number of aryl methyl sites for hydroxylation is 1. The van der Waals surface area contributed by atoms with Crippen LogP contribution in [-0.2, 0) is 0 Å². The molecule has 0 bridgehead atoms. The molecule has 0 saturated carbocycles. The Balaban J connectivity index is 1.50. The molecule has 11 heteroatoms. The second kappa shape index (κ2) is 9.94. The zero-order valence-electron chi connectivity index (χ0n) is 19.6. The van der Waals surface area contributed by atoms with Crippen LogP contribution in [0.2, 0.25) is 0 Å². The highest BCUT2D eigenvalue weighted by atomic mass is 16.7. The van der Waals surface area contributed by atoms with Crippen molar-refractivity contribution >= 4 is 17.2 Å². The van der Waals surface area contributed by atoms with Gasteiger partial charge in [-0.2, -0.15) is 9.97 Å². The van der Waals surface area contributed by atoms with Gasteiger partial charge in [-0.15, -0.1) is 0 Å². The van der Waals surface area contributed by atoms with E-state index in [0.29, 0.717) is 43.4 Å². The molecule has 178 valence electrons. The van der Waals surface area contributed by atoms with Gasteiger partial charge in [-0.05, 0) is 32.3 Å². The molecule has 1 aromatic carbocycles. The lowest BCUT2D eigenvalue weighted by Gasteiger charge is -2.30. The zero-order chi connectivity index (χ0) is 24.2. The Bertz CT molecular complexity index is 1180. The van der Waals surface area contributed by atoms with Crippen molar-refractivity contribution in [3.8, 4) is 5.88 Å². The molecule has 1 aliphatic rings. The third-order valence-electron chi connectivity index (χ3n) is 5.81. The first kappa shape index (κ1) is 23.3. The van der Waals surface area contributed by atoms with Crippen LogP contribution in [0.4, 0.5) is 11.5 Å². The Labute approximate surface area is 197 Å². The van der Waals surface area contributed by atoms with Crippen LogP contribution in [0.5, 0.6) is 5.88 Å². The number of anilines is 1. The summed E-state index contributed by atoms with van der Waals surface area (Å²) in [6.45, 7) is 8.88. The molecule has 3 heterocycles. The van der Waals surface area contributed by atoms with E-state index in [-0.39, 0.29) is 29.2 Å². The minimum Gasteiger partial charge on any atom is -0.351 e. The van der Waals surface area contributed by atoms with Crippen molar-refractivity contribution in [2.24, 2.45) is 5.16 Å². The van der Waals surface area contributed by atoms with Crippen LogP contribution < -0.4 is 9.74 Å². The summed E-state index contributed by atoms with van der Waals surface area (Å²) in [5, 5.41) is 20.0. The smallest absolute Gasteiger partial charge is 0.351 e. The summed E-state index contributed by atoms with van der Waals surface area (Å²) >= 11 is 0. The molecule has 0 N–H and O–H groups in total. The second-order valence-electron chi connectivity index (χ2n) is 8.65. The normalized spacial score (nSPS) is 15.1. The van der Waals surface area contributed by atoms with Crippen molar-refractivity contribution in [2.75, 3.05) is 18.0 Å². The molecule has 2 aromatic heterocycles. The van der Waals surface area contributed by atoms with Crippen molar-refractivity contribution in [1.82, 2.24) is 20.1 Å². The highest BCUT2D eigenvalue weighted by Gasteiger charge is 2.33. The number of hydrogen-bond donors (Lipinski definition) is 0. The average molecular weight is 466 g/mol. The Kier molecular flexibility index (Phi) is 6.80. The van der Waals surface area contributed by atoms with Gasteiger partial charge in [-0.1, -0.05) is 54.0 Å². The molecule has 1 aliphatic heterocycles. The predicted octanol–water partition coefficient (Wildman–Crippen LogP) is 4.39. The molecule has 4 rings (SSSR count). The van der Waals surface area contributed by atoms with Crippen LogP contribution in [-0.4, -0.2) is 43.8 Å². The number of aromatic nitrogens is 4. The third kappa shape index (κ3) is 5.03. The lowest BCUT2D eigenvalue weighted by Crippen LogP contribution is -2.34. The summed E-state index contributed by atoms with van der Waals surface area (Å²) in [7, 11) is 0. The largest absolute Gasteiger partial charge is 0.375 e. The molecule has 34 heavy (non-hydrogen) atoms. The Hall–Kier alpha value is -3.89. The summed E-state index contributed by atoms with van der Waals surface area (Å²) in [4.78, 5) is 31.4. The van der Waals surface area contributed by atoms with Gasteiger partial charge >= 0.3 is 11.6 Å². The van der Waals surface area contributed by atoms with E-state index in [1.165, 1.54) is 6.33 Å². The lowest BCUT2D eigenvalue weighted by atomic mass is 9.96. The van der Waals surface area contributed by atoms with Crippen LogP contribution >= 0.6 is 0 Å². The first-order valence-electron chi connectivity index (χ1n) is 11.2. The first-order chi connectivity index (χ1) is 16.3. The number of oxime groups is 1. The van der Waals surface area contributed by atoms with Crippen molar-refractivity contribution in [3.05, 3.63) is 63.5 Å². The Morgan fingerprint density at radius 2 is 1.94 bits per heavy atom. The molecule has 0 spiro atoms. The fourth-order valence-corrected chi connectivity index (χ4v) is 3.76. The maximum absolute atomic E-state index is 11.9. The molecule has 3 aromatic rings. The van der Waals surface area contributed by atoms with Gasteiger partial charge in [-0.3, -0.25) is 10.1 Å². The third-order valence-corrected chi connectivity index (χ3v) is 5.81. The number of nitro groups is 1. The zero-order valence-corrected chi connectivity index (χ0v) is 19.6. The highest BCUT2D eigenvalue weighted by Crippen LogP contribution is 2.37. The van der Waals surface area contributed by atoms with Crippen LogP contribution in [0.3, 0.4) is 0 Å². The standard InChI is InChI=1S/C23H27N7O4/c1-14(2)20-26-22(33-28-20)18-9-11-29(12-10-18)21-19(30(31)32)23(25-13-24-21)34-27-16(4)17-7-5-15(3)6-8-17/h5-8,13-14,18H,9-12H2,1-4H3/b27-16-. The number of benzene rings is 1. The van der Waals surface area contributed by atoms with Gasteiger partial charge in [0.05, 0.1) is 10.6 Å². The SMILES string of the molecule is C/C(=N/Oc1ncnc(N2CCC(c3nc(C(C)C)no3)CC2)c1[N+](=O)[O-])c1ccc(C)cc1. The van der Waals surface area contributed by atoms with E-state index in [9.17, 15) is 10.1 Å². The summed E-state index contributed by atoms with van der Waals surface area (Å²) < 4.78 is 5.44. The molecule has 0 aliphatic carbocycles. The van der Waals surface area contributed by atoms with E-state index in [4.69, 9.17) is 9.36 Å². The van der Waals surface area contributed by atoms with Crippen molar-refractivity contribution in [2.45, 2.75) is 52.4 Å². The number of nitrogens with zero attached hydrogens (tertiary/aromatic N) is 7. The fourth-order valence-electron chi connectivity index (χ4n) is 3.76. The maximum Gasteiger partial charge on any atom is 0.375 e. The van der Waals surface area contributed by atoms with Gasteiger partial charge in [0.2, 0.25) is 11.7 Å². The second-order valence-corrected chi connectivity index (χ2v) is 8.65. The molecule has 0 radical (unpaired) electrons. The van der Waals surface area contributed by atoms with Gasteiger partial charge in [0.1, 0.15) is 6.33 Å². The Morgan fingerprint density at radius 3 is 2.56 bits per heavy atom. The van der Waals surface area contributed by atoms with Crippen LogP contribution in [0.1, 0.15) is 68.3 Å². The number of hydrogen-bond acceptors (Lipinski definition) is 10. The number of rotatable bonds is 7. The van der Waals surface area contributed by atoms with Gasteiger partial charge in [0, 0.05) is 24.9 Å². The summed E-state index contributed by atoms with van der Waals surface area (Å²) in [6, 6.07) is 7.74. The van der Waals surface area contributed by atoms with Crippen molar-refractivity contribution in [3.63, 3.8) is 0 Å². The van der Waals surface area contributed by atoms with Gasteiger partial charge in [-0.25, -0.2) is 4.98 Å². The van der Waals surface area contributed by atoms with Gasteiger partial charge in [0.25, 0.3) is 0 Å².